The van der Waals surface area contributed by atoms with Crippen LogP contribution >= 0.6 is 15.9 Å². The standard InChI is InChI=1S/C17H22BrNO2/c1-12-6-7-13(15(18)10-12)8-9-17(21)19-11-14-4-2-3-5-16(14)20/h6-10,14,16,20H,2-5,11H2,1H3,(H,19,21). The fourth-order valence-electron chi connectivity index (χ4n) is 2.65. The van der Waals surface area contributed by atoms with Gasteiger partial charge in [0.2, 0.25) is 5.91 Å². The minimum absolute atomic E-state index is 0.111. The molecule has 0 aromatic heterocycles. The Balaban J connectivity index is 1.85. The van der Waals surface area contributed by atoms with Gasteiger partial charge < -0.3 is 10.4 Å². The normalized spacial score (nSPS) is 22.4. The van der Waals surface area contributed by atoms with E-state index in [1.807, 2.05) is 25.1 Å². The van der Waals surface area contributed by atoms with Crippen molar-refractivity contribution in [2.24, 2.45) is 5.92 Å². The Morgan fingerprint density at radius 1 is 1.43 bits per heavy atom. The molecule has 2 unspecified atom stereocenters. The molecule has 2 N–H and O–H groups in total. The highest BCUT2D eigenvalue weighted by Gasteiger charge is 2.22. The van der Waals surface area contributed by atoms with Crippen molar-refractivity contribution in [3.63, 3.8) is 0 Å². The Morgan fingerprint density at radius 2 is 2.19 bits per heavy atom. The van der Waals surface area contributed by atoms with Crippen LogP contribution in [0.15, 0.2) is 28.7 Å². The van der Waals surface area contributed by atoms with Crippen LogP contribution < -0.4 is 5.32 Å². The molecule has 1 amide bonds. The molecule has 1 fully saturated rings. The highest BCUT2D eigenvalue weighted by molar-refractivity contribution is 9.10. The van der Waals surface area contributed by atoms with E-state index in [9.17, 15) is 9.90 Å². The third kappa shape index (κ3) is 4.97. The molecule has 0 aliphatic heterocycles. The molecule has 2 rings (SSSR count). The van der Waals surface area contributed by atoms with Crippen LogP contribution in [0.4, 0.5) is 0 Å². The molecule has 114 valence electrons. The second kappa shape index (κ2) is 7.76. The Kier molecular flexibility index (Phi) is 6.00. The van der Waals surface area contributed by atoms with Gasteiger partial charge in [-0.1, -0.05) is 40.9 Å². The van der Waals surface area contributed by atoms with Gasteiger partial charge in [-0.25, -0.2) is 0 Å². The van der Waals surface area contributed by atoms with E-state index in [1.54, 1.807) is 12.2 Å². The second-order valence-corrected chi connectivity index (χ2v) is 6.57. The van der Waals surface area contributed by atoms with Gasteiger partial charge in [0.15, 0.2) is 0 Å². The zero-order chi connectivity index (χ0) is 15.2. The van der Waals surface area contributed by atoms with E-state index < -0.39 is 0 Å². The van der Waals surface area contributed by atoms with Gasteiger partial charge in [-0.05, 0) is 43.0 Å². The van der Waals surface area contributed by atoms with Crippen molar-refractivity contribution >= 4 is 27.9 Å². The maximum absolute atomic E-state index is 11.8. The topological polar surface area (TPSA) is 49.3 Å². The van der Waals surface area contributed by atoms with Gasteiger partial charge in [-0.15, -0.1) is 0 Å². The van der Waals surface area contributed by atoms with Crippen molar-refractivity contribution in [2.75, 3.05) is 6.54 Å². The number of hydrogen-bond acceptors (Lipinski definition) is 2. The second-order valence-electron chi connectivity index (χ2n) is 5.72. The molecular formula is C17H22BrNO2. The number of amides is 1. The number of aliphatic hydroxyl groups excluding tert-OH is 1. The minimum Gasteiger partial charge on any atom is -0.393 e. The summed E-state index contributed by atoms with van der Waals surface area (Å²) in [5.41, 5.74) is 2.16. The first kappa shape index (κ1) is 16.2. The smallest absolute Gasteiger partial charge is 0.244 e. The zero-order valence-corrected chi connectivity index (χ0v) is 13.9. The number of halogens is 1. The Labute approximate surface area is 134 Å². The number of rotatable bonds is 4. The first-order chi connectivity index (χ1) is 10.1. The van der Waals surface area contributed by atoms with Gasteiger partial charge in [-0.3, -0.25) is 4.79 Å². The van der Waals surface area contributed by atoms with Crippen LogP contribution in [0.25, 0.3) is 6.08 Å². The van der Waals surface area contributed by atoms with Gasteiger partial charge >= 0.3 is 0 Å². The molecule has 21 heavy (non-hydrogen) atoms. The van der Waals surface area contributed by atoms with E-state index in [0.29, 0.717) is 6.54 Å². The lowest BCUT2D eigenvalue weighted by Crippen LogP contribution is -2.36. The van der Waals surface area contributed by atoms with E-state index in [2.05, 4.69) is 21.2 Å². The lowest BCUT2D eigenvalue weighted by atomic mass is 9.86. The summed E-state index contributed by atoms with van der Waals surface area (Å²) in [5, 5.41) is 12.8. The molecule has 2 atom stereocenters. The van der Waals surface area contributed by atoms with Crippen LogP contribution in [0.5, 0.6) is 0 Å². The molecule has 1 aromatic carbocycles. The molecule has 0 saturated heterocycles. The number of carbonyl (C=O) groups excluding carboxylic acids is 1. The molecule has 0 spiro atoms. The van der Waals surface area contributed by atoms with Crippen LogP contribution in [0.2, 0.25) is 0 Å². The van der Waals surface area contributed by atoms with Gasteiger partial charge in [0.1, 0.15) is 0 Å². The third-order valence-electron chi connectivity index (χ3n) is 3.98. The maximum Gasteiger partial charge on any atom is 0.244 e. The van der Waals surface area contributed by atoms with Gasteiger partial charge in [0.05, 0.1) is 6.10 Å². The van der Waals surface area contributed by atoms with Crippen molar-refractivity contribution in [3.8, 4) is 0 Å². The van der Waals surface area contributed by atoms with Crippen molar-refractivity contribution in [1.82, 2.24) is 5.32 Å². The SMILES string of the molecule is Cc1ccc(C=CC(=O)NCC2CCCCC2O)c(Br)c1. The highest BCUT2D eigenvalue weighted by atomic mass is 79.9. The molecule has 1 saturated carbocycles. The molecule has 1 aliphatic rings. The van der Waals surface area contributed by atoms with E-state index >= 15 is 0 Å². The fraction of sp³-hybridized carbons (Fsp3) is 0.471. The summed E-state index contributed by atoms with van der Waals surface area (Å²) in [6, 6.07) is 6.02. The zero-order valence-electron chi connectivity index (χ0n) is 12.3. The van der Waals surface area contributed by atoms with Crippen molar-refractivity contribution in [3.05, 3.63) is 39.9 Å². The quantitative estimate of drug-likeness (QED) is 0.816. The molecule has 0 heterocycles. The predicted molar refractivity (Wildman–Crippen MR) is 88.9 cm³/mol. The lowest BCUT2D eigenvalue weighted by molar-refractivity contribution is -0.116. The lowest BCUT2D eigenvalue weighted by Gasteiger charge is -2.27. The number of aryl methyl sites for hydroxylation is 1. The summed E-state index contributed by atoms with van der Waals surface area (Å²) in [6.45, 7) is 2.58. The van der Waals surface area contributed by atoms with Crippen molar-refractivity contribution in [2.45, 2.75) is 38.7 Å². The monoisotopic (exact) mass is 351 g/mol. The minimum atomic E-state index is -0.269. The summed E-state index contributed by atoms with van der Waals surface area (Å²) < 4.78 is 0.981. The first-order valence-electron chi connectivity index (χ1n) is 7.46. The van der Waals surface area contributed by atoms with Crippen LogP contribution in [-0.4, -0.2) is 23.7 Å². The summed E-state index contributed by atoms with van der Waals surface area (Å²) in [5.74, 6) is 0.0856. The third-order valence-corrected chi connectivity index (χ3v) is 4.66. The molecule has 0 bridgehead atoms. The van der Waals surface area contributed by atoms with Gasteiger partial charge in [0, 0.05) is 23.0 Å². The maximum atomic E-state index is 11.8. The highest BCUT2D eigenvalue weighted by Crippen LogP contribution is 2.23. The van der Waals surface area contributed by atoms with E-state index in [1.165, 1.54) is 5.56 Å². The molecule has 4 heteroatoms. The number of benzene rings is 1. The van der Waals surface area contributed by atoms with Gasteiger partial charge in [0.25, 0.3) is 0 Å². The summed E-state index contributed by atoms with van der Waals surface area (Å²) >= 11 is 3.49. The van der Waals surface area contributed by atoms with Crippen molar-refractivity contribution < 1.29 is 9.90 Å². The van der Waals surface area contributed by atoms with Crippen LogP contribution in [-0.2, 0) is 4.79 Å². The molecule has 3 nitrogen and oxygen atoms in total. The van der Waals surface area contributed by atoms with Crippen molar-refractivity contribution in [1.29, 1.82) is 0 Å². The van der Waals surface area contributed by atoms with Crippen LogP contribution in [0.1, 0.15) is 36.8 Å². The number of nitrogens with one attached hydrogen (secondary N) is 1. The first-order valence-corrected chi connectivity index (χ1v) is 8.25. The summed E-state index contributed by atoms with van der Waals surface area (Å²) in [6.07, 6.45) is 7.16. The summed E-state index contributed by atoms with van der Waals surface area (Å²) in [4.78, 5) is 11.8. The van der Waals surface area contributed by atoms with Gasteiger partial charge in [-0.2, -0.15) is 0 Å². The Bertz CT molecular complexity index is 528. The number of hydrogen-bond donors (Lipinski definition) is 2. The number of carbonyl (C=O) groups is 1. The molecular weight excluding hydrogens is 330 g/mol. The average molecular weight is 352 g/mol. The number of aliphatic hydroxyl groups is 1. The Morgan fingerprint density at radius 3 is 2.90 bits per heavy atom. The van der Waals surface area contributed by atoms with Crippen LogP contribution in [0.3, 0.4) is 0 Å². The molecule has 0 radical (unpaired) electrons. The molecule has 1 aromatic rings. The average Bonchev–Trinajstić information content (AvgIpc) is 2.45. The molecule has 1 aliphatic carbocycles. The fourth-order valence-corrected chi connectivity index (χ4v) is 3.28. The Hall–Kier alpha value is -1.13. The van der Waals surface area contributed by atoms with E-state index in [0.717, 1.165) is 35.7 Å². The van der Waals surface area contributed by atoms with Crippen LogP contribution in [0, 0.1) is 12.8 Å². The largest absolute Gasteiger partial charge is 0.393 e. The summed E-state index contributed by atoms with van der Waals surface area (Å²) in [7, 11) is 0. The predicted octanol–water partition coefficient (Wildman–Crippen LogP) is 3.44. The van der Waals surface area contributed by atoms with E-state index in [-0.39, 0.29) is 17.9 Å². The van der Waals surface area contributed by atoms with E-state index in [4.69, 9.17) is 0 Å².